The first-order valence-corrected chi connectivity index (χ1v) is 9.40. The molecule has 0 radical (unpaired) electrons. The van der Waals surface area contributed by atoms with Gasteiger partial charge in [-0.2, -0.15) is 0 Å². The molecular weight excluding hydrogens is 386 g/mol. The fourth-order valence-corrected chi connectivity index (χ4v) is 2.07. The Labute approximate surface area is 169 Å². The first kappa shape index (κ1) is 26.3. The van der Waals surface area contributed by atoms with Crippen LogP contribution in [-0.4, -0.2) is 78.1 Å². The van der Waals surface area contributed by atoms with Gasteiger partial charge in [-0.05, 0) is 12.8 Å². The molecule has 29 heavy (non-hydrogen) atoms. The van der Waals surface area contributed by atoms with Gasteiger partial charge in [0.15, 0.2) is 0 Å². The third kappa shape index (κ3) is 13.1. The van der Waals surface area contributed by atoms with Crippen molar-refractivity contribution >= 4 is 29.6 Å². The molecule has 8 N–H and O–H groups in total. The number of amides is 4. The third-order valence-corrected chi connectivity index (χ3v) is 3.81. The molecule has 0 unspecified atom stereocenters. The van der Waals surface area contributed by atoms with Crippen LogP contribution < -0.4 is 27.0 Å². The summed E-state index contributed by atoms with van der Waals surface area (Å²) in [6, 6.07) is -2.29. The first-order valence-electron chi connectivity index (χ1n) is 9.40. The fourth-order valence-electron chi connectivity index (χ4n) is 2.07. The molecule has 2 atom stereocenters. The minimum absolute atomic E-state index is 0.0752. The zero-order chi connectivity index (χ0) is 22.2. The largest absolute Gasteiger partial charge is 0.480 e. The Morgan fingerprint density at radius 1 is 0.931 bits per heavy atom. The normalized spacial score (nSPS) is 12.4. The van der Waals surface area contributed by atoms with Crippen LogP contribution >= 0.6 is 0 Å². The van der Waals surface area contributed by atoms with Crippen LogP contribution in [0.4, 0.5) is 0 Å². The lowest BCUT2D eigenvalue weighted by Gasteiger charge is -2.16. The Kier molecular flexibility index (Phi) is 13.8. The molecule has 166 valence electrons. The maximum absolute atomic E-state index is 11.9. The molecule has 0 aliphatic heterocycles. The molecule has 0 aliphatic rings. The van der Waals surface area contributed by atoms with E-state index >= 15 is 0 Å². The van der Waals surface area contributed by atoms with Crippen LogP contribution in [0.25, 0.3) is 0 Å². The Bertz CT molecular complexity index is 570. The molecule has 12 heteroatoms. The molecule has 0 bridgehead atoms. The van der Waals surface area contributed by atoms with E-state index in [0.717, 1.165) is 19.3 Å². The van der Waals surface area contributed by atoms with Gasteiger partial charge in [0.2, 0.25) is 23.6 Å². The van der Waals surface area contributed by atoms with Crippen molar-refractivity contribution in [3.8, 4) is 0 Å². The zero-order valence-corrected chi connectivity index (χ0v) is 16.5. The molecule has 0 fully saturated rings. The van der Waals surface area contributed by atoms with E-state index in [9.17, 15) is 29.1 Å². The van der Waals surface area contributed by atoms with Crippen molar-refractivity contribution in [3.63, 3.8) is 0 Å². The number of carboxylic acid groups (broad SMARTS) is 1. The number of nitrogens with one attached hydrogen (secondary N) is 4. The molecule has 0 heterocycles. The summed E-state index contributed by atoms with van der Waals surface area (Å²) >= 11 is 0. The molecule has 0 aromatic carbocycles. The summed E-state index contributed by atoms with van der Waals surface area (Å²) in [5.41, 5.74) is 5.26. The highest BCUT2D eigenvalue weighted by Gasteiger charge is 2.19. The van der Waals surface area contributed by atoms with Crippen LogP contribution in [0.3, 0.4) is 0 Å². The van der Waals surface area contributed by atoms with Gasteiger partial charge >= 0.3 is 5.97 Å². The Balaban J connectivity index is 4.09. The van der Waals surface area contributed by atoms with Gasteiger partial charge < -0.3 is 37.2 Å². The van der Waals surface area contributed by atoms with Crippen LogP contribution in [0.1, 0.15) is 39.0 Å². The Hall–Kier alpha value is -2.73. The lowest BCUT2D eigenvalue weighted by atomic mass is 10.1. The van der Waals surface area contributed by atoms with Crippen molar-refractivity contribution < 1.29 is 34.2 Å². The number of aliphatic hydroxyl groups is 1. The topological polar surface area (TPSA) is 200 Å². The molecule has 12 nitrogen and oxygen atoms in total. The van der Waals surface area contributed by atoms with Crippen LogP contribution in [-0.2, 0) is 24.0 Å². The number of aliphatic carboxylic acids is 1. The number of unbranched alkanes of at least 4 members (excludes halogenated alkanes) is 2. The zero-order valence-electron chi connectivity index (χ0n) is 16.5. The van der Waals surface area contributed by atoms with Gasteiger partial charge in [0.25, 0.3) is 0 Å². The number of carbonyl (C=O) groups excluding carboxylic acids is 4. The van der Waals surface area contributed by atoms with E-state index in [1.165, 1.54) is 0 Å². The second-order valence-electron chi connectivity index (χ2n) is 6.34. The summed E-state index contributed by atoms with van der Waals surface area (Å²) < 4.78 is 0. The van der Waals surface area contributed by atoms with E-state index in [4.69, 9.17) is 10.8 Å². The van der Waals surface area contributed by atoms with Gasteiger partial charge in [0.1, 0.15) is 12.1 Å². The van der Waals surface area contributed by atoms with Gasteiger partial charge in [0.05, 0.1) is 19.7 Å². The summed E-state index contributed by atoms with van der Waals surface area (Å²) in [4.78, 5) is 57.4. The van der Waals surface area contributed by atoms with Crippen LogP contribution in [0.2, 0.25) is 0 Å². The van der Waals surface area contributed by atoms with Crippen molar-refractivity contribution in [2.24, 2.45) is 5.73 Å². The second-order valence-corrected chi connectivity index (χ2v) is 6.34. The number of carboxylic acids is 1. The number of nitrogens with two attached hydrogens (primary N) is 1. The van der Waals surface area contributed by atoms with Crippen molar-refractivity contribution in [2.75, 3.05) is 26.2 Å². The van der Waals surface area contributed by atoms with Crippen molar-refractivity contribution in [3.05, 3.63) is 0 Å². The van der Waals surface area contributed by atoms with Crippen molar-refractivity contribution in [1.29, 1.82) is 0 Å². The summed E-state index contributed by atoms with van der Waals surface area (Å²) in [6.07, 6.45) is 2.50. The summed E-state index contributed by atoms with van der Waals surface area (Å²) in [5.74, 6) is -3.63. The molecule has 0 rings (SSSR count). The maximum Gasteiger partial charge on any atom is 0.320 e. The maximum atomic E-state index is 11.9. The molecule has 0 aliphatic carbocycles. The number of aliphatic hydroxyl groups excluding tert-OH is 1. The highest BCUT2D eigenvalue weighted by atomic mass is 16.4. The average molecular weight is 417 g/mol. The van der Waals surface area contributed by atoms with Gasteiger partial charge in [-0.25, -0.2) is 0 Å². The second kappa shape index (κ2) is 15.2. The minimum atomic E-state index is -1.22. The van der Waals surface area contributed by atoms with Crippen LogP contribution in [0.15, 0.2) is 0 Å². The van der Waals surface area contributed by atoms with Gasteiger partial charge in [0, 0.05) is 13.0 Å². The number of hydrogen-bond acceptors (Lipinski definition) is 7. The summed E-state index contributed by atoms with van der Waals surface area (Å²) in [5, 5.41) is 27.3. The van der Waals surface area contributed by atoms with Crippen molar-refractivity contribution in [1.82, 2.24) is 21.3 Å². The van der Waals surface area contributed by atoms with Crippen LogP contribution in [0, 0.1) is 0 Å². The Morgan fingerprint density at radius 2 is 1.55 bits per heavy atom. The highest BCUT2D eigenvalue weighted by molar-refractivity contribution is 5.91. The Morgan fingerprint density at radius 3 is 2.14 bits per heavy atom. The van der Waals surface area contributed by atoms with Crippen molar-refractivity contribution in [2.45, 2.75) is 51.1 Å². The summed E-state index contributed by atoms with van der Waals surface area (Å²) in [7, 11) is 0. The SMILES string of the molecule is CCCCCNC(=O)[C@H](CO)NC(=O)CNC(=O)CNC(=O)CC[C@H](N)C(=O)O. The standard InChI is InChI=1S/C17H31N5O7/c1-2-3-4-7-19-16(27)12(10-23)22-15(26)9-21-14(25)8-20-13(24)6-5-11(18)17(28)29/h11-12,23H,2-10,18H2,1H3,(H,19,27)(H,20,24)(H,21,25)(H,22,26)(H,28,29)/t11-,12-/m0/s1. The van der Waals surface area contributed by atoms with Gasteiger partial charge in [-0.3, -0.25) is 24.0 Å². The smallest absolute Gasteiger partial charge is 0.320 e. The van der Waals surface area contributed by atoms with E-state index in [0.29, 0.717) is 6.54 Å². The van der Waals surface area contributed by atoms with E-state index in [1.807, 2.05) is 6.92 Å². The fraction of sp³-hybridized carbons (Fsp3) is 0.706. The lowest BCUT2D eigenvalue weighted by Crippen LogP contribution is -2.51. The molecule has 0 saturated heterocycles. The molecule has 0 aromatic rings. The molecule has 0 saturated carbocycles. The molecular formula is C17H31N5O7. The third-order valence-electron chi connectivity index (χ3n) is 3.81. The highest BCUT2D eigenvalue weighted by Crippen LogP contribution is 1.94. The van der Waals surface area contributed by atoms with E-state index < -0.39 is 61.4 Å². The predicted molar refractivity (Wildman–Crippen MR) is 102 cm³/mol. The van der Waals surface area contributed by atoms with Gasteiger partial charge in [-0.1, -0.05) is 19.8 Å². The quantitative estimate of drug-likeness (QED) is 0.138. The lowest BCUT2D eigenvalue weighted by molar-refractivity contribution is -0.138. The van der Waals surface area contributed by atoms with Gasteiger partial charge in [-0.15, -0.1) is 0 Å². The minimum Gasteiger partial charge on any atom is -0.480 e. The number of carbonyl (C=O) groups is 5. The molecule has 4 amide bonds. The predicted octanol–water partition coefficient (Wildman–Crippen LogP) is -2.81. The number of rotatable bonds is 15. The summed E-state index contributed by atoms with van der Waals surface area (Å²) in [6.45, 7) is 1.02. The average Bonchev–Trinajstić information content (AvgIpc) is 2.69. The monoisotopic (exact) mass is 417 g/mol. The van der Waals surface area contributed by atoms with Crippen LogP contribution in [0.5, 0.6) is 0 Å². The number of hydrogen-bond donors (Lipinski definition) is 7. The first-order chi connectivity index (χ1) is 13.7. The molecule has 0 aromatic heterocycles. The van der Waals surface area contributed by atoms with E-state index in [2.05, 4.69) is 21.3 Å². The van der Waals surface area contributed by atoms with E-state index in [1.54, 1.807) is 0 Å². The molecule has 0 spiro atoms. The van der Waals surface area contributed by atoms with E-state index in [-0.39, 0.29) is 12.8 Å².